The van der Waals surface area contributed by atoms with Crippen LogP contribution in [0.4, 0.5) is 0 Å². The molecule has 10 nitrogen and oxygen atoms in total. The fraction of sp³-hybridized carbons (Fsp3) is 0.500. The molecule has 2 amide bonds. The zero-order chi connectivity index (χ0) is 22.6. The number of para-hydroxylation sites is 1. The molecule has 1 aromatic carbocycles. The van der Waals surface area contributed by atoms with Crippen molar-refractivity contribution in [1.82, 2.24) is 15.5 Å². The van der Waals surface area contributed by atoms with Gasteiger partial charge in [0.15, 0.2) is 5.11 Å². The predicted octanol–water partition coefficient (Wildman–Crippen LogP) is 0.107. The highest BCUT2D eigenvalue weighted by molar-refractivity contribution is 7.80. The van der Waals surface area contributed by atoms with Gasteiger partial charge in [0, 0.05) is 27.3 Å². The summed E-state index contributed by atoms with van der Waals surface area (Å²) < 4.78 is 20.4. The third-order valence-electron chi connectivity index (χ3n) is 4.40. The molecule has 0 saturated carbocycles. The van der Waals surface area contributed by atoms with E-state index < -0.39 is 17.9 Å². The lowest BCUT2D eigenvalue weighted by Gasteiger charge is -2.36. The molecule has 0 bridgehead atoms. The van der Waals surface area contributed by atoms with E-state index in [0.717, 1.165) is 0 Å². The summed E-state index contributed by atoms with van der Waals surface area (Å²) in [6, 6.07) is 5.84. The molecule has 1 atom stereocenters. The van der Waals surface area contributed by atoms with E-state index in [1.165, 1.54) is 12.0 Å². The Kier molecular flexibility index (Phi) is 10.1. The number of nitrogens with one attached hydrogen (secondary N) is 2. The molecular weight excluding hydrogens is 426 g/mol. The summed E-state index contributed by atoms with van der Waals surface area (Å²) in [6.07, 6.45) is -0.206. The maximum Gasteiger partial charge on any atom is 0.308 e. The van der Waals surface area contributed by atoms with Crippen LogP contribution in [0.5, 0.6) is 5.75 Å². The number of thiocarbonyl (C=S) groups is 1. The van der Waals surface area contributed by atoms with Crippen LogP contribution in [0.3, 0.4) is 0 Å². The van der Waals surface area contributed by atoms with Gasteiger partial charge in [-0.2, -0.15) is 0 Å². The van der Waals surface area contributed by atoms with Crippen LogP contribution in [0.25, 0.3) is 0 Å². The number of hydrogen-bond acceptors (Lipinski definition) is 8. The minimum Gasteiger partial charge on any atom is -0.490 e. The fourth-order valence-corrected chi connectivity index (χ4v) is 3.18. The van der Waals surface area contributed by atoms with Crippen molar-refractivity contribution < 1.29 is 33.3 Å². The lowest BCUT2D eigenvalue weighted by atomic mass is 10.1. The molecule has 2 rings (SSSR count). The van der Waals surface area contributed by atoms with Crippen LogP contribution in [0.1, 0.15) is 16.8 Å². The van der Waals surface area contributed by atoms with E-state index in [2.05, 4.69) is 10.6 Å². The quantitative estimate of drug-likeness (QED) is 0.289. The van der Waals surface area contributed by atoms with E-state index in [9.17, 15) is 14.4 Å². The van der Waals surface area contributed by atoms with Crippen molar-refractivity contribution in [2.24, 2.45) is 0 Å². The highest BCUT2D eigenvalue weighted by Gasteiger charge is 2.34. The average Bonchev–Trinajstić information content (AvgIpc) is 2.75. The van der Waals surface area contributed by atoms with Gasteiger partial charge in [0.1, 0.15) is 25.0 Å². The van der Waals surface area contributed by atoms with Crippen molar-refractivity contribution in [1.29, 1.82) is 0 Å². The van der Waals surface area contributed by atoms with E-state index >= 15 is 0 Å². The zero-order valence-electron chi connectivity index (χ0n) is 17.5. The summed E-state index contributed by atoms with van der Waals surface area (Å²) in [5.41, 5.74) is 0.290. The largest absolute Gasteiger partial charge is 0.490 e. The number of ether oxygens (including phenoxy) is 4. The molecule has 1 saturated heterocycles. The number of rotatable bonds is 10. The molecule has 31 heavy (non-hydrogen) atoms. The van der Waals surface area contributed by atoms with E-state index in [1.807, 2.05) is 0 Å². The number of methoxy groups -OCH3 is 2. The number of carbonyl (C=O) groups excluding carboxylic acids is 3. The first-order chi connectivity index (χ1) is 15.0. The predicted molar refractivity (Wildman–Crippen MR) is 115 cm³/mol. The topological polar surface area (TPSA) is 115 Å². The Labute approximate surface area is 186 Å². The molecule has 170 valence electrons. The van der Waals surface area contributed by atoms with Crippen LogP contribution in [0, 0.1) is 0 Å². The Balaban J connectivity index is 2.04. The van der Waals surface area contributed by atoms with E-state index in [-0.39, 0.29) is 42.8 Å². The van der Waals surface area contributed by atoms with Gasteiger partial charge in [0.25, 0.3) is 5.91 Å². The minimum absolute atomic E-state index is 0.0428. The summed E-state index contributed by atoms with van der Waals surface area (Å²) in [7, 11) is 3.05. The molecule has 1 aromatic rings. The van der Waals surface area contributed by atoms with Gasteiger partial charge in [0.05, 0.1) is 25.2 Å². The van der Waals surface area contributed by atoms with Gasteiger partial charge in [-0.1, -0.05) is 12.1 Å². The molecular formula is C20H27N3O7S. The molecule has 0 aliphatic carbocycles. The SMILES string of the molecule is COCCOC(=O)CC1C(=O)NCCN1C(=S)NC(=O)c1ccccc1OCCOC. The molecule has 0 radical (unpaired) electrons. The Morgan fingerprint density at radius 3 is 2.61 bits per heavy atom. The Morgan fingerprint density at radius 1 is 1.16 bits per heavy atom. The van der Waals surface area contributed by atoms with Gasteiger partial charge in [-0.15, -0.1) is 0 Å². The number of esters is 1. The highest BCUT2D eigenvalue weighted by Crippen LogP contribution is 2.18. The Morgan fingerprint density at radius 2 is 1.87 bits per heavy atom. The van der Waals surface area contributed by atoms with Gasteiger partial charge in [0.2, 0.25) is 5.91 Å². The average molecular weight is 454 g/mol. The third-order valence-corrected chi connectivity index (χ3v) is 4.74. The van der Waals surface area contributed by atoms with E-state index in [4.69, 9.17) is 31.2 Å². The molecule has 11 heteroatoms. The van der Waals surface area contributed by atoms with Gasteiger partial charge in [-0.3, -0.25) is 19.7 Å². The third kappa shape index (κ3) is 7.46. The summed E-state index contributed by atoms with van der Waals surface area (Å²) in [4.78, 5) is 38.7. The maximum atomic E-state index is 12.8. The molecule has 2 N–H and O–H groups in total. The second kappa shape index (κ2) is 12.8. The van der Waals surface area contributed by atoms with Crippen LogP contribution >= 0.6 is 12.2 Å². The molecule has 1 fully saturated rings. The number of carbonyl (C=O) groups is 3. The van der Waals surface area contributed by atoms with Crippen molar-refractivity contribution in [3.8, 4) is 5.75 Å². The first-order valence-corrected chi connectivity index (χ1v) is 10.1. The van der Waals surface area contributed by atoms with E-state index in [1.54, 1.807) is 31.4 Å². The number of amides is 2. The number of nitrogens with zero attached hydrogens (tertiary/aromatic N) is 1. The van der Waals surface area contributed by atoms with Gasteiger partial charge in [-0.25, -0.2) is 0 Å². The molecule has 1 aliphatic heterocycles. The molecule has 1 unspecified atom stereocenters. The van der Waals surface area contributed by atoms with Crippen LogP contribution in [0.2, 0.25) is 0 Å². The van der Waals surface area contributed by atoms with Crippen LogP contribution in [0.15, 0.2) is 24.3 Å². The number of piperazine rings is 1. The smallest absolute Gasteiger partial charge is 0.308 e. The zero-order valence-corrected chi connectivity index (χ0v) is 18.4. The minimum atomic E-state index is -0.884. The van der Waals surface area contributed by atoms with Crippen molar-refractivity contribution >= 4 is 35.1 Å². The molecule has 0 spiro atoms. The van der Waals surface area contributed by atoms with Crippen LogP contribution < -0.4 is 15.4 Å². The van der Waals surface area contributed by atoms with Crippen molar-refractivity contribution in [3.05, 3.63) is 29.8 Å². The van der Waals surface area contributed by atoms with Gasteiger partial charge < -0.3 is 29.2 Å². The number of benzene rings is 1. The van der Waals surface area contributed by atoms with Crippen molar-refractivity contribution in [2.75, 3.05) is 53.7 Å². The summed E-state index contributed by atoms with van der Waals surface area (Å²) in [5.74, 6) is -1.02. The van der Waals surface area contributed by atoms with Crippen LogP contribution in [-0.2, 0) is 23.8 Å². The summed E-state index contributed by atoms with van der Waals surface area (Å²) in [5, 5.41) is 5.37. The van der Waals surface area contributed by atoms with Crippen molar-refractivity contribution in [2.45, 2.75) is 12.5 Å². The first-order valence-electron chi connectivity index (χ1n) is 9.73. The van der Waals surface area contributed by atoms with Crippen LogP contribution in [-0.4, -0.2) is 87.6 Å². The Bertz CT molecular complexity index is 790. The van der Waals surface area contributed by atoms with Crippen molar-refractivity contribution in [3.63, 3.8) is 0 Å². The van der Waals surface area contributed by atoms with Gasteiger partial charge >= 0.3 is 5.97 Å². The lowest BCUT2D eigenvalue weighted by molar-refractivity contribution is -0.148. The lowest BCUT2D eigenvalue weighted by Crippen LogP contribution is -2.60. The normalized spacial score (nSPS) is 15.7. The molecule has 0 aromatic heterocycles. The molecule has 1 aliphatic rings. The maximum absolute atomic E-state index is 12.8. The summed E-state index contributed by atoms with van der Waals surface area (Å²) in [6.45, 7) is 1.68. The van der Waals surface area contributed by atoms with E-state index in [0.29, 0.717) is 25.4 Å². The molecule has 1 heterocycles. The fourth-order valence-electron chi connectivity index (χ4n) is 2.87. The monoisotopic (exact) mass is 453 g/mol. The van der Waals surface area contributed by atoms with Gasteiger partial charge in [-0.05, 0) is 24.4 Å². The highest BCUT2D eigenvalue weighted by atomic mass is 32.1. The second-order valence-corrected chi connectivity index (χ2v) is 6.90. The second-order valence-electron chi connectivity index (χ2n) is 6.51. The Hall–Kier alpha value is -2.76. The summed E-state index contributed by atoms with van der Waals surface area (Å²) >= 11 is 5.37. The standard InChI is InChI=1S/C20H27N3O7S/c1-27-9-11-29-16-6-4-3-5-14(16)18(25)22-20(31)23-8-7-21-19(26)15(23)13-17(24)30-12-10-28-2/h3-6,15H,7-13H2,1-2H3,(H,21,26)(H,22,25,31). The number of hydrogen-bond donors (Lipinski definition) is 2. The first kappa shape index (κ1) is 24.5.